The summed E-state index contributed by atoms with van der Waals surface area (Å²) in [5.41, 5.74) is 0. The fraction of sp³-hybridized carbons (Fsp3) is 1.00. The average molecular weight is 174 g/mol. The van der Waals surface area contributed by atoms with Gasteiger partial charge in [-0.2, -0.15) is 0 Å². The van der Waals surface area contributed by atoms with Crippen LogP contribution in [0.25, 0.3) is 0 Å². The van der Waals surface area contributed by atoms with Gasteiger partial charge in [0.05, 0.1) is 12.2 Å². The van der Waals surface area contributed by atoms with E-state index in [2.05, 4.69) is 6.92 Å². The lowest BCUT2D eigenvalue weighted by Gasteiger charge is -2.15. The van der Waals surface area contributed by atoms with E-state index in [9.17, 15) is 0 Å². The van der Waals surface area contributed by atoms with Gasteiger partial charge in [0.2, 0.25) is 0 Å². The molecule has 0 bridgehead atoms. The third-order valence-electron chi connectivity index (χ3n) is 2.06. The van der Waals surface area contributed by atoms with Gasteiger partial charge >= 0.3 is 0 Å². The summed E-state index contributed by atoms with van der Waals surface area (Å²) in [5.74, 6) is 0. The van der Waals surface area contributed by atoms with E-state index in [0.717, 1.165) is 13.0 Å². The summed E-state index contributed by atoms with van der Waals surface area (Å²) in [4.78, 5) is 0. The van der Waals surface area contributed by atoms with Gasteiger partial charge in [-0.3, -0.25) is 0 Å². The highest BCUT2D eigenvalue weighted by Crippen LogP contribution is 2.02. The highest BCUT2D eigenvalue weighted by atomic mass is 16.5. The van der Waals surface area contributed by atoms with Crippen LogP contribution in [0.3, 0.4) is 0 Å². The molecule has 2 nitrogen and oxygen atoms in total. The van der Waals surface area contributed by atoms with Gasteiger partial charge in [0.1, 0.15) is 0 Å². The number of hydrogen-bond donors (Lipinski definition) is 1. The second-order valence-corrected chi connectivity index (χ2v) is 3.38. The van der Waals surface area contributed by atoms with E-state index in [0.29, 0.717) is 0 Å². The van der Waals surface area contributed by atoms with Crippen molar-refractivity contribution in [1.29, 1.82) is 0 Å². The molecule has 0 aliphatic heterocycles. The molecule has 0 fully saturated rings. The Kier molecular flexibility index (Phi) is 7.51. The number of hydrogen-bond acceptors (Lipinski definition) is 2. The lowest BCUT2D eigenvalue weighted by Crippen LogP contribution is -2.23. The van der Waals surface area contributed by atoms with Crippen molar-refractivity contribution in [3.63, 3.8) is 0 Å². The maximum atomic E-state index is 9.10. The highest BCUT2D eigenvalue weighted by Gasteiger charge is 2.07. The molecule has 0 amide bonds. The lowest BCUT2D eigenvalue weighted by molar-refractivity contribution is -0.0193. The van der Waals surface area contributed by atoms with Crippen molar-refractivity contribution < 1.29 is 9.84 Å². The van der Waals surface area contributed by atoms with E-state index in [1.54, 1.807) is 6.92 Å². The van der Waals surface area contributed by atoms with Crippen LogP contribution < -0.4 is 0 Å². The van der Waals surface area contributed by atoms with Gasteiger partial charge < -0.3 is 9.84 Å². The first-order chi connectivity index (χ1) is 5.68. The first-order valence-corrected chi connectivity index (χ1v) is 4.98. The number of unbranched alkanes of at least 4 members (excludes halogenated alkanes) is 3. The Bertz CT molecular complexity index is 91.8. The topological polar surface area (TPSA) is 29.5 Å². The number of aliphatic hydroxyl groups is 1. The molecule has 0 radical (unpaired) electrons. The summed E-state index contributed by atoms with van der Waals surface area (Å²) in [6, 6.07) is 0. The summed E-state index contributed by atoms with van der Waals surface area (Å²) in [6.45, 7) is 6.65. The van der Waals surface area contributed by atoms with Gasteiger partial charge in [0.25, 0.3) is 0 Å². The SMILES string of the molecule is CCCCCCOC(C)[C@H](C)O. The van der Waals surface area contributed by atoms with Crippen LogP contribution >= 0.6 is 0 Å². The van der Waals surface area contributed by atoms with Crippen molar-refractivity contribution in [3.8, 4) is 0 Å². The molecule has 0 aliphatic rings. The van der Waals surface area contributed by atoms with E-state index < -0.39 is 0 Å². The molecule has 0 saturated heterocycles. The predicted octanol–water partition coefficient (Wildman–Crippen LogP) is 2.35. The second-order valence-electron chi connectivity index (χ2n) is 3.38. The van der Waals surface area contributed by atoms with Crippen molar-refractivity contribution in [1.82, 2.24) is 0 Å². The van der Waals surface area contributed by atoms with Gasteiger partial charge in [0.15, 0.2) is 0 Å². The van der Waals surface area contributed by atoms with Crippen molar-refractivity contribution in [3.05, 3.63) is 0 Å². The zero-order valence-electron chi connectivity index (χ0n) is 8.55. The van der Waals surface area contributed by atoms with Crippen LogP contribution in [0.2, 0.25) is 0 Å². The molecule has 0 aromatic heterocycles. The molecule has 2 atom stereocenters. The lowest BCUT2D eigenvalue weighted by atomic mass is 10.2. The van der Waals surface area contributed by atoms with Crippen LogP contribution in [0.15, 0.2) is 0 Å². The van der Waals surface area contributed by atoms with E-state index in [1.807, 2.05) is 6.92 Å². The van der Waals surface area contributed by atoms with Gasteiger partial charge in [-0.15, -0.1) is 0 Å². The molecular weight excluding hydrogens is 152 g/mol. The van der Waals surface area contributed by atoms with Crippen molar-refractivity contribution >= 4 is 0 Å². The molecule has 0 saturated carbocycles. The molecule has 12 heavy (non-hydrogen) atoms. The number of rotatable bonds is 7. The third kappa shape index (κ3) is 6.62. The Balaban J connectivity index is 3.08. The maximum absolute atomic E-state index is 9.10. The van der Waals surface area contributed by atoms with E-state index >= 15 is 0 Å². The molecule has 1 N–H and O–H groups in total. The molecule has 74 valence electrons. The van der Waals surface area contributed by atoms with E-state index in [-0.39, 0.29) is 12.2 Å². The Morgan fingerprint density at radius 2 is 1.83 bits per heavy atom. The van der Waals surface area contributed by atoms with Crippen LogP contribution in [0.4, 0.5) is 0 Å². The maximum Gasteiger partial charge on any atom is 0.0803 e. The Labute approximate surface area is 75.9 Å². The Morgan fingerprint density at radius 3 is 2.33 bits per heavy atom. The van der Waals surface area contributed by atoms with Crippen molar-refractivity contribution in [2.75, 3.05) is 6.61 Å². The number of aliphatic hydroxyl groups excluding tert-OH is 1. The zero-order valence-corrected chi connectivity index (χ0v) is 8.55. The van der Waals surface area contributed by atoms with Crippen molar-refractivity contribution in [2.24, 2.45) is 0 Å². The average Bonchev–Trinajstić information content (AvgIpc) is 2.03. The minimum Gasteiger partial charge on any atom is -0.391 e. The minimum absolute atomic E-state index is 0.0216. The summed E-state index contributed by atoms with van der Waals surface area (Å²) < 4.78 is 5.40. The second kappa shape index (κ2) is 7.56. The monoisotopic (exact) mass is 174 g/mol. The normalized spacial score (nSPS) is 16.0. The molecule has 0 rings (SSSR count). The summed E-state index contributed by atoms with van der Waals surface area (Å²) in [6.07, 6.45) is 4.52. The van der Waals surface area contributed by atoms with Gasteiger partial charge in [0, 0.05) is 6.61 Å². The van der Waals surface area contributed by atoms with E-state index in [1.165, 1.54) is 19.3 Å². The summed E-state index contributed by atoms with van der Waals surface area (Å²) in [7, 11) is 0. The highest BCUT2D eigenvalue weighted by molar-refractivity contribution is 4.56. The predicted molar refractivity (Wildman–Crippen MR) is 51.2 cm³/mol. The fourth-order valence-corrected chi connectivity index (χ4v) is 0.937. The molecule has 0 aliphatic carbocycles. The van der Waals surface area contributed by atoms with Crippen LogP contribution in [0.1, 0.15) is 46.5 Å². The van der Waals surface area contributed by atoms with Crippen LogP contribution in [0.5, 0.6) is 0 Å². The van der Waals surface area contributed by atoms with Gasteiger partial charge in [-0.25, -0.2) is 0 Å². The molecular formula is C10H22O2. The van der Waals surface area contributed by atoms with Gasteiger partial charge in [-0.05, 0) is 20.3 Å². The zero-order chi connectivity index (χ0) is 9.40. The molecule has 0 heterocycles. The summed E-state index contributed by atoms with van der Waals surface area (Å²) >= 11 is 0. The quantitative estimate of drug-likeness (QED) is 0.600. The van der Waals surface area contributed by atoms with Gasteiger partial charge in [-0.1, -0.05) is 26.2 Å². The molecule has 0 aromatic carbocycles. The first-order valence-electron chi connectivity index (χ1n) is 4.98. The Morgan fingerprint density at radius 1 is 1.17 bits per heavy atom. The Hall–Kier alpha value is -0.0800. The smallest absolute Gasteiger partial charge is 0.0803 e. The minimum atomic E-state index is -0.351. The molecule has 2 heteroatoms. The van der Waals surface area contributed by atoms with Crippen LogP contribution in [-0.4, -0.2) is 23.9 Å². The van der Waals surface area contributed by atoms with Crippen LogP contribution in [0, 0.1) is 0 Å². The molecule has 0 spiro atoms. The third-order valence-corrected chi connectivity index (χ3v) is 2.06. The first kappa shape index (κ1) is 11.9. The molecule has 1 unspecified atom stereocenters. The van der Waals surface area contributed by atoms with Crippen LogP contribution in [-0.2, 0) is 4.74 Å². The largest absolute Gasteiger partial charge is 0.391 e. The number of ether oxygens (including phenoxy) is 1. The molecule has 0 aromatic rings. The standard InChI is InChI=1S/C10H22O2/c1-4-5-6-7-8-12-10(3)9(2)11/h9-11H,4-8H2,1-3H3/t9-,10?/m0/s1. The fourth-order valence-electron chi connectivity index (χ4n) is 0.937. The summed E-state index contributed by atoms with van der Waals surface area (Å²) in [5, 5.41) is 9.10. The van der Waals surface area contributed by atoms with E-state index in [4.69, 9.17) is 9.84 Å². The van der Waals surface area contributed by atoms with Crippen molar-refractivity contribution in [2.45, 2.75) is 58.7 Å².